The van der Waals surface area contributed by atoms with Crippen LogP contribution in [0.15, 0.2) is 24.3 Å². The van der Waals surface area contributed by atoms with E-state index in [0.717, 1.165) is 4.90 Å². The molecule has 4 amide bonds. The Morgan fingerprint density at radius 1 is 1.26 bits per heavy atom. The normalized spacial score (nSPS) is 9.58. The van der Waals surface area contributed by atoms with Gasteiger partial charge in [0.15, 0.2) is 0 Å². The van der Waals surface area contributed by atoms with Gasteiger partial charge in [-0.2, -0.15) is 0 Å². The highest BCUT2D eigenvalue weighted by atomic mass is 16.2. The Morgan fingerprint density at radius 2 is 1.89 bits per heavy atom. The predicted octanol–water partition coefficient (Wildman–Crippen LogP) is 0.256. The van der Waals surface area contributed by atoms with E-state index < -0.39 is 24.3 Å². The molecule has 0 unspecified atom stereocenters. The molecule has 6 heteroatoms. The Balaban J connectivity index is 2.83. The molecule has 0 saturated heterocycles. The minimum absolute atomic E-state index is 0.272. The number of nitrogens with zero attached hydrogens (tertiary/aromatic N) is 1. The summed E-state index contributed by atoms with van der Waals surface area (Å²) < 4.78 is 0. The SMILES string of the molecule is CC(=O)NC(=O)CN(C=O)C(=O)c1ccccc1C. The second-order valence-corrected chi connectivity index (χ2v) is 3.96. The van der Waals surface area contributed by atoms with Crippen molar-refractivity contribution < 1.29 is 19.2 Å². The molecule has 19 heavy (non-hydrogen) atoms. The molecule has 6 nitrogen and oxygen atoms in total. The van der Waals surface area contributed by atoms with Gasteiger partial charge in [-0.1, -0.05) is 18.2 Å². The second kappa shape index (κ2) is 6.44. The van der Waals surface area contributed by atoms with E-state index in [2.05, 4.69) is 0 Å². The van der Waals surface area contributed by atoms with Crippen molar-refractivity contribution in [3.63, 3.8) is 0 Å². The van der Waals surface area contributed by atoms with Gasteiger partial charge in [-0.3, -0.25) is 29.4 Å². The largest absolute Gasteiger partial charge is 0.295 e. The van der Waals surface area contributed by atoms with Gasteiger partial charge < -0.3 is 0 Å². The van der Waals surface area contributed by atoms with Crippen molar-refractivity contribution in [3.8, 4) is 0 Å². The van der Waals surface area contributed by atoms with Gasteiger partial charge in [0.25, 0.3) is 5.91 Å². The zero-order valence-electron chi connectivity index (χ0n) is 10.7. The van der Waals surface area contributed by atoms with Crippen LogP contribution in [0.3, 0.4) is 0 Å². The third kappa shape index (κ3) is 4.02. The maximum absolute atomic E-state index is 12.0. The quantitative estimate of drug-likeness (QED) is 0.789. The van der Waals surface area contributed by atoms with Gasteiger partial charge in [-0.25, -0.2) is 0 Å². The van der Waals surface area contributed by atoms with Gasteiger partial charge in [-0.15, -0.1) is 0 Å². The Kier molecular flexibility index (Phi) is 4.93. The summed E-state index contributed by atoms with van der Waals surface area (Å²) in [4.78, 5) is 45.7. The first-order chi connectivity index (χ1) is 8.95. The molecule has 1 aromatic carbocycles. The lowest BCUT2D eigenvalue weighted by Crippen LogP contribution is -2.41. The summed E-state index contributed by atoms with van der Waals surface area (Å²) in [6, 6.07) is 6.72. The van der Waals surface area contributed by atoms with Crippen LogP contribution in [0.25, 0.3) is 0 Å². The average Bonchev–Trinajstić information content (AvgIpc) is 2.35. The number of imide groups is 2. The average molecular weight is 262 g/mol. The van der Waals surface area contributed by atoms with E-state index in [9.17, 15) is 19.2 Å². The van der Waals surface area contributed by atoms with Gasteiger partial charge in [0.2, 0.25) is 18.2 Å². The first-order valence-corrected chi connectivity index (χ1v) is 5.58. The number of hydrogen-bond acceptors (Lipinski definition) is 4. The lowest BCUT2D eigenvalue weighted by Gasteiger charge is -2.15. The molecule has 0 fully saturated rings. The molecule has 1 N–H and O–H groups in total. The van der Waals surface area contributed by atoms with Crippen LogP contribution in [0.5, 0.6) is 0 Å². The maximum atomic E-state index is 12.0. The molecule has 0 aliphatic rings. The van der Waals surface area contributed by atoms with Crippen LogP contribution in [-0.4, -0.2) is 35.6 Å². The fourth-order valence-corrected chi connectivity index (χ4v) is 1.52. The lowest BCUT2D eigenvalue weighted by atomic mass is 10.1. The first-order valence-electron chi connectivity index (χ1n) is 5.58. The van der Waals surface area contributed by atoms with E-state index in [1.165, 1.54) is 6.92 Å². The summed E-state index contributed by atoms with van der Waals surface area (Å²) >= 11 is 0. The fourth-order valence-electron chi connectivity index (χ4n) is 1.52. The molecular weight excluding hydrogens is 248 g/mol. The van der Waals surface area contributed by atoms with Crippen LogP contribution in [0, 0.1) is 6.92 Å². The lowest BCUT2D eigenvalue weighted by molar-refractivity contribution is -0.131. The van der Waals surface area contributed by atoms with E-state index in [1.54, 1.807) is 31.2 Å². The number of carbonyl (C=O) groups is 4. The predicted molar refractivity (Wildman–Crippen MR) is 67.1 cm³/mol. The highest BCUT2D eigenvalue weighted by Crippen LogP contribution is 2.09. The van der Waals surface area contributed by atoms with Gasteiger partial charge in [-0.05, 0) is 18.6 Å². The monoisotopic (exact) mass is 262 g/mol. The zero-order valence-corrected chi connectivity index (χ0v) is 10.7. The van der Waals surface area contributed by atoms with Gasteiger partial charge >= 0.3 is 0 Å². The van der Waals surface area contributed by atoms with Gasteiger partial charge in [0.1, 0.15) is 6.54 Å². The molecule has 0 spiro atoms. The van der Waals surface area contributed by atoms with E-state index in [0.29, 0.717) is 11.1 Å². The Labute approximate surface area is 110 Å². The van der Waals surface area contributed by atoms with Crippen molar-refractivity contribution in [2.45, 2.75) is 13.8 Å². The minimum Gasteiger partial charge on any atom is -0.295 e. The summed E-state index contributed by atoms with van der Waals surface area (Å²) in [6.45, 7) is 2.41. The van der Waals surface area contributed by atoms with Crippen molar-refractivity contribution in [2.24, 2.45) is 0 Å². The molecule has 0 aliphatic heterocycles. The molecular formula is C13H14N2O4. The third-order valence-corrected chi connectivity index (χ3v) is 2.39. The summed E-state index contributed by atoms with van der Waals surface area (Å²) in [6.07, 6.45) is 0.272. The molecule has 0 radical (unpaired) electrons. The van der Waals surface area contributed by atoms with Crippen LogP contribution < -0.4 is 5.32 Å². The number of aryl methyl sites for hydroxylation is 1. The van der Waals surface area contributed by atoms with Crippen LogP contribution in [0.1, 0.15) is 22.8 Å². The molecule has 0 atom stereocenters. The van der Waals surface area contributed by atoms with E-state index in [4.69, 9.17) is 0 Å². The van der Waals surface area contributed by atoms with Crippen molar-refractivity contribution in [2.75, 3.05) is 6.54 Å². The first kappa shape index (κ1) is 14.6. The third-order valence-electron chi connectivity index (χ3n) is 2.39. The Hall–Kier alpha value is -2.50. The summed E-state index contributed by atoms with van der Waals surface area (Å²) in [5, 5.41) is 2.00. The molecule has 0 bridgehead atoms. The fraction of sp³-hybridized carbons (Fsp3) is 0.231. The van der Waals surface area contributed by atoms with Crippen molar-refractivity contribution in [3.05, 3.63) is 35.4 Å². The number of hydrogen-bond donors (Lipinski definition) is 1. The minimum atomic E-state index is -0.707. The molecule has 1 aromatic rings. The summed E-state index contributed by atoms with van der Waals surface area (Å²) in [5.74, 6) is -1.83. The highest BCUT2D eigenvalue weighted by Gasteiger charge is 2.19. The molecule has 1 rings (SSSR count). The standard InChI is InChI=1S/C13H14N2O4/c1-9-5-3-4-6-11(9)13(19)15(8-16)7-12(18)14-10(2)17/h3-6,8H,7H2,1-2H3,(H,14,17,18). The van der Waals surface area contributed by atoms with Gasteiger partial charge in [0.05, 0.1) is 0 Å². The van der Waals surface area contributed by atoms with Crippen LogP contribution in [-0.2, 0) is 14.4 Å². The summed E-state index contributed by atoms with van der Waals surface area (Å²) in [5.41, 5.74) is 1.04. The molecule has 100 valence electrons. The van der Waals surface area contributed by atoms with Crippen molar-refractivity contribution in [1.29, 1.82) is 0 Å². The number of amides is 4. The van der Waals surface area contributed by atoms with Crippen molar-refractivity contribution in [1.82, 2.24) is 10.2 Å². The molecule has 0 aliphatic carbocycles. The van der Waals surface area contributed by atoms with Crippen molar-refractivity contribution >= 4 is 24.1 Å². The topological polar surface area (TPSA) is 83.6 Å². The van der Waals surface area contributed by atoms with E-state index in [1.807, 2.05) is 5.32 Å². The van der Waals surface area contributed by atoms with Crippen LogP contribution >= 0.6 is 0 Å². The van der Waals surface area contributed by atoms with Gasteiger partial charge in [0, 0.05) is 12.5 Å². The number of nitrogens with one attached hydrogen (secondary N) is 1. The smallest absolute Gasteiger partial charge is 0.260 e. The Morgan fingerprint density at radius 3 is 2.42 bits per heavy atom. The van der Waals surface area contributed by atoms with E-state index >= 15 is 0 Å². The van der Waals surface area contributed by atoms with Crippen LogP contribution in [0.4, 0.5) is 0 Å². The molecule has 0 heterocycles. The summed E-state index contributed by atoms with van der Waals surface area (Å²) in [7, 11) is 0. The van der Waals surface area contributed by atoms with E-state index in [-0.39, 0.29) is 6.41 Å². The Bertz CT molecular complexity index is 525. The number of rotatable bonds is 4. The molecule has 0 saturated carbocycles. The zero-order chi connectivity index (χ0) is 14.4. The number of benzene rings is 1. The molecule has 0 aromatic heterocycles. The highest BCUT2D eigenvalue weighted by molar-refractivity contribution is 6.04. The van der Waals surface area contributed by atoms with Crippen LogP contribution in [0.2, 0.25) is 0 Å². The maximum Gasteiger partial charge on any atom is 0.260 e. The number of carbonyl (C=O) groups excluding carboxylic acids is 4. The second-order valence-electron chi connectivity index (χ2n) is 3.96.